The second-order valence-corrected chi connectivity index (χ2v) is 8.60. The van der Waals surface area contributed by atoms with Crippen LogP contribution in [0.2, 0.25) is 0 Å². The van der Waals surface area contributed by atoms with Gasteiger partial charge in [-0.1, -0.05) is 63.2 Å². The van der Waals surface area contributed by atoms with Crippen molar-refractivity contribution in [1.29, 1.82) is 0 Å². The number of rotatable bonds is 5. The van der Waals surface area contributed by atoms with Gasteiger partial charge in [0.15, 0.2) is 0 Å². The zero-order valence-corrected chi connectivity index (χ0v) is 17.0. The van der Waals surface area contributed by atoms with Crippen LogP contribution in [0.5, 0.6) is 0 Å². The van der Waals surface area contributed by atoms with Gasteiger partial charge in [0.25, 0.3) is 5.91 Å². The van der Waals surface area contributed by atoms with Crippen molar-refractivity contribution in [2.75, 3.05) is 5.32 Å². The minimum absolute atomic E-state index is 0.0918. The first-order chi connectivity index (χ1) is 13.3. The summed E-state index contributed by atoms with van der Waals surface area (Å²) in [4.78, 5) is 26.2. The van der Waals surface area contributed by atoms with Gasteiger partial charge in [-0.2, -0.15) is 0 Å². The Morgan fingerprint density at radius 2 is 1.68 bits per heavy atom. The molecule has 1 aromatic heterocycles. The highest BCUT2D eigenvalue weighted by atomic mass is 32.1. The Morgan fingerprint density at radius 1 is 0.929 bits per heavy atom. The maximum Gasteiger partial charge on any atom is 0.252 e. The summed E-state index contributed by atoms with van der Waals surface area (Å²) in [5.41, 5.74) is 1.63. The highest BCUT2D eigenvalue weighted by Crippen LogP contribution is 2.26. The quantitative estimate of drug-likeness (QED) is 0.623. The Kier molecular flexibility index (Phi) is 5.95. The lowest BCUT2D eigenvalue weighted by molar-refractivity contribution is -0.123. The number of hydrogen-bond donors (Lipinski definition) is 2. The molecule has 2 N–H and O–H groups in total. The number of amides is 2. The molecule has 0 fully saturated rings. The molecule has 0 aliphatic heterocycles. The molecule has 1 atom stereocenters. The first-order valence-electron chi connectivity index (χ1n) is 9.15. The molecule has 2 aromatic carbocycles. The molecule has 1 unspecified atom stereocenters. The SMILES string of the molecule is CC(C)(C)C(=O)Nc1cccc(C(=O)NC(c2ccccc2)c2cccs2)c1. The summed E-state index contributed by atoms with van der Waals surface area (Å²) in [5.74, 6) is -0.278. The molecule has 5 heteroatoms. The van der Waals surface area contributed by atoms with Crippen LogP contribution < -0.4 is 10.6 Å². The normalized spacial score (nSPS) is 12.2. The van der Waals surface area contributed by atoms with Gasteiger partial charge in [-0.25, -0.2) is 0 Å². The lowest BCUT2D eigenvalue weighted by atomic mass is 9.95. The van der Waals surface area contributed by atoms with Gasteiger partial charge in [-0.3, -0.25) is 9.59 Å². The van der Waals surface area contributed by atoms with E-state index in [2.05, 4.69) is 10.6 Å². The molecule has 2 amide bonds. The van der Waals surface area contributed by atoms with Gasteiger partial charge < -0.3 is 10.6 Å². The van der Waals surface area contributed by atoms with Crippen molar-refractivity contribution in [3.05, 3.63) is 88.1 Å². The zero-order chi connectivity index (χ0) is 20.1. The van der Waals surface area contributed by atoms with Crippen LogP contribution in [-0.4, -0.2) is 11.8 Å². The van der Waals surface area contributed by atoms with E-state index in [0.29, 0.717) is 11.3 Å². The Morgan fingerprint density at radius 3 is 2.32 bits per heavy atom. The molecule has 3 aromatic rings. The fraction of sp³-hybridized carbons (Fsp3) is 0.217. The summed E-state index contributed by atoms with van der Waals surface area (Å²) in [6.45, 7) is 5.55. The average Bonchev–Trinajstić information content (AvgIpc) is 3.20. The summed E-state index contributed by atoms with van der Waals surface area (Å²) >= 11 is 1.61. The van der Waals surface area contributed by atoms with Crippen molar-refractivity contribution < 1.29 is 9.59 Å². The van der Waals surface area contributed by atoms with E-state index in [0.717, 1.165) is 10.4 Å². The first-order valence-corrected chi connectivity index (χ1v) is 10.0. The molecule has 0 spiro atoms. The Bertz CT molecular complexity index is 944. The van der Waals surface area contributed by atoms with Crippen LogP contribution in [0.25, 0.3) is 0 Å². The fourth-order valence-corrected chi connectivity index (χ4v) is 3.49. The molecule has 0 bridgehead atoms. The predicted molar refractivity (Wildman–Crippen MR) is 115 cm³/mol. The van der Waals surface area contributed by atoms with Crippen molar-refractivity contribution in [2.24, 2.45) is 5.41 Å². The van der Waals surface area contributed by atoms with Gasteiger partial charge in [0.05, 0.1) is 6.04 Å². The van der Waals surface area contributed by atoms with Gasteiger partial charge in [0.1, 0.15) is 0 Å². The van der Waals surface area contributed by atoms with E-state index in [1.54, 1.807) is 35.6 Å². The van der Waals surface area contributed by atoms with Gasteiger partial charge >= 0.3 is 0 Å². The summed E-state index contributed by atoms with van der Waals surface area (Å²) < 4.78 is 0. The van der Waals surface area contributed by atoms with Crippen molar-refractivity contribution in [3.8, 4) is 0 Å². The van der Waals surface area contributed by atoms with E-state index >= 15 is 0 Å². The Hall–Kier alpha value is -2.92. The van der Waals surface area contributed by atoms with E-state index < -0.39 is 5.41 Å². The molecule has 28 heavy (non-hydrogen) atoms. The summed E-state index contributed by atoms with van der Waals surface area (Å²) in [6.07, 6.45) is 0. The van der Waals surface area contributed by atoms with Crippen LogP contribution in [0.3, 0.4) is 0 Å². The number of carbonyl (C=O) groups is 2. The van der Waals surface area contributed by atoms with Crippen molar-refractivity contribution in [2.45, 2.75) is 26.8 Å². The van der Waals surface area contributed by atoms with Gasteiger partial charge in [0.2, 0.25) is 5.91 Å². The Labute approximate surface area is 169 Å². The highest BCUT2D eigenvalue weighted by Gasteiger charge is 2.22. The number of nitrogens with one attached hydrogen (secondary N) is 2. The second kappa shape index (κ2) is 8.40. The van der Waals surface area contributed by atoms with Gasteiger partial charge in [0, 0.05) is 21.5 Å². The topological polar surface area (TPSA) is 58.2 Å². The van der Waals surface area contributed by atoms with E-state index in [1.807, 2.05) is 68.6 Å². The minimum Gasteiger partial charge on any atom is -0.340 e. The number of hydrogen-bond acceptors (Lipinski definition) is 3. The summed E-state index contributed by atoms with van der Waals surface area (Å²) in [6, 6.07) is 20.7. The minimum atomic E-state index is -0.504. The van der Waals surface area contributed by atoms with Crippen LogP contribution in [-0.2, 0) is 4.79 Å². The van der Waals surface area contributed by atoms with Crippen LogP contribution in [0.4, 0.5) is 5.69 Å². The maximum atomic E-state index is 12.9. The van der Waals surface area contributed by atoms with Crippen LogP contribution >= 0.6 is 11.3 Å². The lowest BCUT2D eigenvalue weighted by Gasteiger charge is -2.19. The molecule has 0 aliphatic rings. The molecule has 0 saturated carbocycles. The van der Waals surface area contributed by atoms with Crippen LogP contribution in [0, 0.1) is 5.41 Å². The first kappa shape index (κ1) is 19.8. The zero-order valence-electron chi connectivity index (χ0n) is 16.2. The highest BCUT2D eigenvalue weighted by molar-refractivity contribution is 7.10. The molecule has 1 heterocycles. The third-order valence-corrected chi connectivity index (χ3v) is 5.24. The van der Waals surface area contributed by atoms with E-state index in [1.165, 1.54) is 0 Å². The van der Waals surface area contributed by atoms with Crippen LogP contribution in [0.1, 0.15) is 47.6 Å². The molecular formula is C23H24N2O2S. The molecule has 0 aliphatic carbocycles. The van der Waals surface area contributed by atoms with Crippen molar-refractivity contribution in [1.82, 2.24) is 5.32 Å². The number of benzene rings is 2. The van der Waals surface area contributed by atoms with Gasteiger partial charge in [-0.15, -0.1) is 11.3 Å². The third kappa shape index (κ3) is 4.87. The molecule has 3 rings (SSSR count). The monoisotopic (exact) mass is 392 g/mol. The number of anilines is 1. The summed E-state index contributed by atoms with van der Waals surface area (Å²) in [5, 5.41) is 7.99. The molecular weight excluding hydrogens is 368 g/mol. The standard InChI is InChI=1S/C23H24N2O2S/c1-23(2,3)22(27)24-18-12-7-11-17(15-18)21(26)25-20(19-13-8-14-28-19)16-9-5-4-6-10-16/h4-15,20H,1-3H3,(H,24,27)(H,25,26). The Balaban J connectivity index is 1.81. The second-order valence-electron chi connectivity index (χ2n) is 7.62. The van der Waals surface area contributed by atoms with Gasteiger partial charge in [-0.05, 0) is 35.2 Å². The molecule has 0 radical (unpaired) electrons. The van der Waals surface area contributed by atoms with Crippen molar-refractivity contribution in [3.63, 3.8) is 0 Å². The van der Waals surface area contributed by atoms with Crippen molar-refractivity contribution >= 4 is 28.8 Å². The number of thiophene rings is 1. The lowest BCUT2D eigenvalue weighted by Crippen LogP contribution is -2.29. The van der Waals surface area contributed by atoms with Crippen LogP contribution in [0.15, 0.2) is 72.1 Å². The fourth-order valence-electron chi connectivity index (χ4n) is 2.69. The predicted octanol–water partition coefficient (Wildman–Crippen LogP) is 5.25. The maximum absolute atomic E-state index is 12.9. The molecule has 4 nitrogen and oxygen atoms in total. The summed E-state index contributed by atoms with van der Waals surface area (Å²) in [7, 11) is 0. The largest absolute Gasteiger partial charge is 0.340 e. The number of carbonyl (C=O) groups excluding carboxylic acids is 2. The molecule has 0 saturated heterocycles. The van der Waals surface area contributed by atoms with E-state index in [4.69, 9.17) is 0 Å². The smallest absolute Gasteiger partial charge is 0.252 e. The van der Waals surface area contributed by atoms with E-state index in [-0.39, 0.29) is 17.9 Å². The molecule has 144 valence electrons. The van der Waals surface area contributed by atoms with E-state index in [9.17, 15) is 9.59 Å². The average molecular weight is 393 g/mol. The third-order valence-electron chi connectivity index (χ3n) is 4.30.